The number of carbonyl (C=O) groups excluding carboxylic acids is 2. The normalized spacial score (nSPS) is 12.6. The summed E-state index contributed by atoms with van der Waals surface area (Å²) in [5, 5.41) is 8.79. The van der Waals surface area contributed by atoms with Crippen molar-refractivity contribution in [2.45, 2.75) is 66.2 Å². The van der Waals surface area contributed by atoms with Crippen LogP contribution in [-0.2, 0) is 9.59 Å². The summed E-state index contributed by atoms with van der Waals surface area (Å²) in [5.74, 6) is 0.405. The first-order valence-corrected chi connectivity index (χ1v) is 8.41. The van der Waals surface area contributed by atoms with Crippen LogP contribution in [0.15, 0.2) is 35.5 Å². The lowest BCUT2D eigenvalue weighted by Crippen LogP contribution is -2.09. The molecule has 0 aliphatic heterocycles. The second-order valence-corrected chi connectivity index (χ2v) is 6.66. The molecular weight excluding hydrogens is 288 g/mol. The first kappa shape index (κ1) is 21.5. The van der Waals surface area contributed by atoms with E-state index in [1.807, 2.05) is 33.8 Å². The Balaban J connectivity index is 4.14. The molecule has 0 amide bonds. The average Bonchev–Trinajstić information content (AvgIpc) is 2.43. The minimum Gasteiger partial charge on any atom is -0.392 e. The number of carbonyl (C=O) groups is 2. The van der Waals surface area contributed by atoms with Crippen molar-refractivity contribution in [3.63, 3.8) is 0 Å². The molecule has 0 rings (SSSR count). The van der Waals surface area contributed by atoms with Crippen LogP contribution < -0.4 is 0 Å². The average molecular weight is 320 g/mol. The van der Waals surface area contributed by atoms with E-state index in [2.05, 4.69) is 12.7 Å². The van der Waals surface area contributed by atoms with E-state index in [0.29, 0.717) is 30.8 Å². The van der Waals surface area contributed by atoms with Gasteiger partial charge in [0.25, 0.3) is 0 Å². The Morgan fingerprint density at radius 3 is 2.22 bits per heavy atom. The number of ketones is 2. The lowest BCUT2D eigenvalue weighted by Gasteiger charge is -2.07. The number of allylic oxidation sites excluding steroid dienone is 4. The van der Waals surface area contributed by atoms with E-state index in [-0.39, 0.29) is 24.6 Å². The van der Waals surface area contributed by atoms with Gasteiger partial charge in [-0.1, -0.05) is 43.7 Å². The third kappa shape index (κ3) is 11.7. The molecule has 3 nitrogen and oxygen atoms in total. The van der Waals surface area contributed by atoms with Crippen molar-refractivity contribution in [3.8, 4) is 0 Å². The van der Waals surface area contributed by atoms with E-state index in [0.717, 1.165) is 12.8 Å². The van der Waals surface area contributed by atoms with Crippen LogP contribution in [0.2, 0.25) is 0 Å². The molecule has 0 atom stereocenters. The molecule has 0 radical (unpaired) electrons. The lowest BCUT2D eigenvalue weighted by molar-refractivity contribution is -0.121. The summed E-state index contributed by atoms with van der Waals surface area (Å²) in [6.07, 6.45) is 7.59. The Hall–Kier alpha value is -1.48. The van der Waals surface area contributed by atoms with E-state index in [4.69, 9.17) is 5.11 Å². The molecule has 0 aromatic carbocycles. The van der Waals surface area contributed by atoms with Gasteiger partial charge in [-0.2, -0.15) is 0 Å². The minimum atomic E-state index is -0.00814. The molecule has 0 aromatic rings. The highest BCUT2D eigenvalue weighted by Crippen LogP contribution is 2.14. The first-order chi connectivity index (χ1) is 10.8. The minimum absolute atomic E-state index is 0.00814. The summed E-state index contributed by atoms with van der Waals surface area (Å²) in [6.45, 7) is 11.9. The van der Waals surface area contributed by atoms with Crippen LogP contribution in [-0.4, -0.2) is 23.3 Å². The maximum Gasteiger partial charge on any atom is 0.159 e. The van der Waals surface area contributed by atoms with Gasteiger partial charge < -0.3 is 5.11 Å². The summed E-state index contributed by atoms with van der Waals surface area (Å²) in [6, 6.07) is 0. The summed E-state index contributed by atoms with van der Waals surface area (Å²) in [5.41, 5.74) is 2.78. The maximum absolute atomic E-state index is 12.0. The van der Waals surface area contributed by atoms with Crippen LogP contribution >= 0.6 is 0 Å². The van der Waals surface area contributed by atoms with E-state index in [1.165, 1.54) is 11.1 Å². The third-order valence-corrected chi connectivity index (χ3v) is 3.66. The molecule has 0 saturated heterocycles. The Kier molecular flexibility index (Phi) is 11.2. The predicted octanol–water partition coefficient (Wildman–Crippen LogP) is 4.56. The number of hydrogen-bond acceptors (Lipinski definition) is 3. The Bertz CT molecular complexity index is 467. The molecule has 0 bridgehead atoms. The van der Waals surface area contributed by atoms with Crippen LogP contribution in [0.1, 0.15) is 66.2 Å². The van der Waals surface area contributed by atoms with Gasteiger partial charge in [0, 0.05) is 19.3 Å². The van der Waals surface area contributed by atoms with E-state index < -0.39 is 0 Å². The summed E-state index contributed by atoms with van der Waals surface area (Å²) < 4.78 is 0. The lowest BCUT2D eigenvalue weighted by atomic mass is 9.97. The van der Waals surface area contributed by atoms with Gasteiger partial charge in [-0.3, -0.25) is 9.59 Å². The van der Waals surface area contributed by atoms with E-state index in [9.17, 15) is 9.59 Å². The number of aliphatic hydroxyl groups excluding tert-OH is 1. The molecule has 130 valence electrons. The van der Waals surface area contributed by atoms with Crippen LogP contribution in [0.3, 0.4) is 0 Å². The molecule has 0 spiro atoms. The first-order valence-electron chi connectivity index (χ1n) is 8.41. The topological polar surface area (TPSA) is 54.4 Å². The quantitative estimate of drug-likeness (QED) is 0.423. The fraction of sp³-hybridized carbons (Fsp3) is 0.600. The van der Waals surface area contributed by atoms with E-state index in [1.54, 1.807) is 0 Å². The van der Waals surface area contributed by atoms with Crippen LogP contribution in [0.4, 0.5) is 0 Å². The molecule has 0 aliphatic rings. The zero-order valence-electron chi connectivity index (χ0n) is 15.2. The fourth-order valence-corrected chi connectivity index (χ4v) is 2.26. The number of rotatable bonds is 12. The molecular formula is C20H32O3. The molecule has 0 heterocycles. The maximum atomic E-state index is 12.0. The highest BCUT2D eigenvalue weighted by atomic mass is 16.2. The van der Waals surface area contributed by atoms with Crippen molar-refractivity contribution in [1.82, 2.24) is 0 Å². The summed E-state index contributed by atoms with van der Waals surface area (Å²) in [4.78, 5) is 23.7. The molecule has 0 aromatic heterocycles. The van der Waals surface area contributed by atoms with Gasteiger partial charge >= 0.3 is 0 Å². The van der Waals surface area contributed by atoms with Crippen molar-refractivity contribution in [2.24, 2.45) is 5.92 Å². The molecule has 0 saturated carbocycles. The van der Waals surface area contributed by atoms with Gasteiger partial charge in [-0.15, -0.1) is 0 Å². The predicted molar refractivity (Wildman–Crippen MR) is 96.3 cm³/mol. The highest BCUT2D eigenvalue weighted by Gasteiger charge is 2.13. The van der Waals surface area contributed by atoms with Crippen molar-refractivity contribution in [1.29, 1.82) is 0 Å². The van der Waals surface area contributed by atoms with Crippen LogP contribution in [0, 0.1) is 5.92 Å². The molecule has 1 N–H and O–H groups in total. The van der Waals surface area contributed by atoms with Crippen molar-refractivity contribution < 1.29 is 14.7 Å². The SMILES string of the molecule is C=C(CC(=O)CC(C)C)C(=O)CCC(C)=CCCC(C)=CCO. The highest BCUT2D eigenvalue weighted by molar-refractivity contribution is 6.00. The zero-order valence-corrected chi connectivity index (χ0v) is 15.2. The van der Waals surface area contributed by atoms with Gasteiger partial charge in [0.05, 0.1) is 6.61 Å². The van der Waals surface area contributed by atoms with Crippen molar-refractivity contribution >= 4 is 11.6 Å². The number of aliphatic hydroxyl groups is 1. The van der Waals surface area contributed by atoms with Crippen molar-refractivity contribution in [3.05, 3.63) is 35.5 Å². The van der Waals surface area contributed by atoms with Gasteiger partial charge in [0.1, 0.15) is 5.78 Å². The Morgan fingerprint density at radius 1 is 1.04 bits per heavy atom. The summed E-state index contributed by atoms with van der Waals surface area (Å²) >= 11 is 0. The van der Waals surface area contributed by atoms with E-state index >= 15 is 0 Å². The van der Waals surface area contributed by atoms with Gasteiger partial charge in [0.2, 0.25) is 0 Å². The van der Waals surface area contributed by atoms with Gasteiger partial charge in [-0.05, 0) is 44.6 Å². The molecule has 23 heavy (non-hydrogen) atoms. The Morgan fingerprint density at radius 2 is 1.65 bits per heavy atom. The fourth-order valence-electron chi connectivity index (χ4n) is 2.26. The second-order valence-electron chi connectivity index (χ2n) is 6.66. The van der Waals surface area contributed by atoms with Crippen LogP contribution in [0.25, 0.3) is 0 Å². The smallest absolute Gasteiger partial charge is 0.159 e. The summed E-state index contributed by atoms with van der Waals surface area (Å²) in [7, 11) is 0. The van der Waals surface area contributed by atoms with Gasteiger partial charge in [-0.25, -0.2) is 0 Å². The number of Topliss-reactive ketones (excluding diaryl/α,β-unsaturated/α-hetero) is 2. The van der Waals surface area contributed by atoms with Gasteiger partial charge in [0.15, 0.2) is 5.78 Å². The zero-order chi connectivity index (χ0) is 17.8. The van der Waals surface area contributed by atoms with Crippen LogP contribution in [0.5, 0.6) is 0 Å². The largest absolute Gasteiger partial charge is 0.392 e. The molecule has 0 aliphatic carbocycles. The standard InChI is InChI=1S/C20H32O3/c1-15(2)13-19(22)14-18(5)20(23)10-9-16(3)7-6-8-17(4)11-12-21/h7,11,15,21H,5-6,8-10,12-14H2,1-4H3. The monoisotopic (exact) mass is 320 g/mol. The van der Waals surface area contributed by atoms with Crippen molar-refractivity contribution in [2.75, 3.05) is 6.61 Å². The second kappa shape index (κ2) is 12.0. The number of hydrogen-bond donors (Lipinski definition) is 1. The molecule has 3 heteroatoms. The third-order valence-electron chi connectivity index (χ3n) is 3.66. The molecule has 0 fully saturated rings. The molecule has 0 unspecified atom stereocenters. The Labute approximate surface area is 141 Å².